The molecular formula is C18H20O3. The molecule has 2 aromatic rings. The van der Waals surface area contributed by atoms with E-state index in [1.807, 2.05) is 30.3 Å². The third-order valence-electron chi connectivity index (χ3n) is 4.01. The molecule has 0 spiro atoms. The molecule has 0 saturated carbocycles. The highest BCUT2D eigenvalue weighted by atomic mass is 16.7. The molecule has 1 heterocycles. The lowest BCUT2D eigenvalue weighted by Gasteiger charge is -2.38. The van der Waals surface area contributed by atoms with E-state index in [0.29, 0.717) is 0 Å². The van der Waals surface area contributed by atoms with Crippen LogP contribution in [0.2, 0.25) is 0 Å². The van der Waals surface area contributed by atoms with Crippen LogP contribution in [0.3, 0.4) is 0 Å². The number of rotatable bonds is 3. The summed E-state index contributed by atoms with van der Waals surface area (Å²) in [5.41, 5.74) is 3.44. The highest BCUT2D eigenvalue weighted by molar-refractivity contribution is 5.43. The third kappa shape index (κ3) is 2.55. The predicted molar refractivity (Wildman–Crippen MR) is 81.5 cm³/mol. The number of hydrogen-bond acceptors (Lipinski definition) is 3. The summed E-state index contributed by atoms with van der Waals surface area (Å²) in [4.78, 5) is 0. The zero-order valence-corrected chi connectivity index (χ0v) is 12.6. The summed E-state index contributed by atoms with van der Waals surface area (Å²) < 4.78 is 17.4. The van der Waals surface area contributed by atoms with E-state index in [1.54, 1.807) is 14.2 Å². The van der Waals surface area contributed by atoms with Crippen molar-refractivity contribution in [2.45, 2.75) is 25.2 Å². The summed E-state index contributed by atoms with van der Waals surface area (Å²) in [6, 6.07) is 16.4. The lowest BCUT2D eigenvalue weighted by atomic mass is 9.85. The van der Waals surface area contributed by atoms with E-state index >= 15 is 0 Å². The zero-order chi connectivity index (χ0) is 14.8. The topological polar surface area (TPSA) is 27.7 Å². The van der Waals surface area contributed by atoms with Crippen LogP contribution in [0.25, 0.3) is 0 Å². The first-order valence-electron chi connectivity index (χ1n) is 7.12. The van der Waals surface area contributed by atoms with Crippen molar-refractivity contribution in [3.05, 3.63) is 65.2 Å². The molecule has 0 N–H and O–H groups in total. The van der Waals surface area contributed by atoms with Crippen LogP contribution in [-0.4, -0.2) is 20.5 Å². The standard InChI is InChI=1S/C18H20O3/c1-12-9-10-15-14(11-12)17(19-2)16(18(20-3)21-15)13-7-5-4-6-8-13/h4-11,16-18H,1-3H3/t16-,17-,18-/m1/s1. The van der Waals surface area contributed by atoms with Gasteiger partial charge >= 0.3 is 0 Å². The average molecular weight is 284 g/mol. The number of ether oxygens (including phenoxy) is 3. The first-order chi connectivity index (χ1) is 10.2. The van der Waals surface area contributed by atoms with Gasteiger partial charge in [-0.05, 0) is 24.6 Å². The summed E-state index contributed by atoms with van der Waals surface area (Å²) in [7, 11) is 3.41. The van der Waals surface area contributed by atoms with Crippen LogP contribution in [0.1, 0.15) is 28.7 Å². The number of methoxy groups -OCH3 is 2. The fourth-order valence-electron chi connectivity index (χ4n) is 3.01. The van der Waals surface area contributed by atoms with Gasteiger partial charge in [-0.2, -0.15) is 0 Å². The Kier molecular flexibility index (Phi) is 3.95. The summed E-state index contributed by atoms with van der Waals surface area (Å²) >= 11 is 0. The monoisotopic (exact) mass is 284 g/mol. The molecule has 0 saturated heterocycles. The summed E-state index contributed by atoms with van der Waals surface area (Å²) in [5, 5.41) is 0. The number of aryl methyl sites for hydroxylation is 1. The van der Waals surface area contributed by atoms with Crippen molar-refractivity contribution in [3.63, 3.8) is 0 Å². The summed E-state index contributed by atoms with van der Waals surface area (Å²) in [6.45, 7) is 2.08. The molecule has 110 valence electrons. The van der Waals surface area contributed by atoms with Crippen molar-refractivity contribution < 1.29 is 14.2 Å². The minimum Gasteiger partial charge on any atom is -0.464 e. The Labute approximate surface area is 125 Å². The molecule has 0 bridgehead atoms. The molecule has 0 fully saturated rings. The molecule has 1 aliphatic rings. The van der Waals surface area contributed by atoms with Gasteiger partial charge < -0.3 is 14.2 Å². The van der Waals surface area contributed by atoms with E-state index in [-0.39, 0.29) is 18.3 Å². The SMILES string of the molecule is CO[C@@H]1Oc2ccc(C)cc2[C@@H](OC)[C@H]1c1ccccc1. The van der Waals surface area contributed by atoms with Gasteiger partial charge in [-0.25, -0.2) is 0 Å². The zero-order valence-electron chi connectivity index (χ0n) is 12.6. The van der Waals surface area contributed by atoms with E-state index in [9.17, 15) is 0 Å². The third-order valence-corrected chi connectivity index (χ3v) is 4.01. The lowest BCUT2D eigenvalue weighted by Crippen LogP contribution is -2.36. The maximum atomic E-state index is 6.03. The number of fused-ring (bicyclic) bond motifs is 1. The largest absolute Gasteiger partial charge is 0.464 e. The highest BCUT2D eigenvalue weighted by Gasteiger charge is 2.39. The Morgan fingerprint density at radius 2 is 1.71 bits per heavy atom. The van der Waals surface area contributed by atoms with E-state index in [4.69, 9.17) is 14.2 Å². The minimum atomic E-state index is -0.354. The molecule has 3 atom stereocenters. The van der Waals surface area contributed by atoms with Gasteiger partial charge in [0.05, 0.1) is 12.0 Å². The molecule has 0 aliphatic carbocycles. The normalized spacial score (nSPS) is 24.2. The Hall–Kier alpha value is -1.84. The number of hydrogen-bond donors (Lipinski definition) is 0. The first kappa shape index (κ1) is 14.1. The Balaban J connectivity index is 2.09. The van der Waals surface area contributed by atoms with Crippen LogP contribution in [0.4, 0.5) is 0 Å². The molecule has 1 aliphatic heterocycles. The van der Waals surface area contributed by atoms with Crippen LogP contribution in [-0.2, 0) is 9.47 Å². The van der Waals surface area contributed by atoms with Crippen LogP contribution in [0.5, 0.6) is 5.75 Å². The van der Waals surface area contributed by atoms with E-state index in [2.05, 4.69) is 25.1 Å². The molecule has 0 aromatic heterocycles. The molecule has 21 heavy (non-hydrogen) atoms. The molecular weight excluding hydrogens is 264 g/mol. The Bertz CT molecular complexity index is 609. The van der Waals surface area contributed by atoms with Crippen LogP contribution < -0.4 is 4.74 Å². The Morgan fingerprint density at radius 1 is 0.952 bits per heavy atom. The van der Waals surface area contributed by atoms with Gasteiger partial charge in [0.2, 0.25) is 6.29 Å². The Morgan fingerprint density at radius 3 is 2.38 bits per heavy atom. The van der Waals surface area contributed by atoms with E-state index in [1.165, 1.54) is 5.56 Å². The molecule has 0 radical (unpaired) electrons. The lowest BCUT2D eigenvalue weighted by molar-refractivity contribution is -0.119. The van der Waals surface area contributed by atoms with Crippen LogP contribution in [0, 0.1) is 6.92 Å². The van der Waals surface area contributed by atoms with Gasteiger partial charge in [-0.3, -0.25) is 0 Å². The maximum Gasteiger partial charge on any atom is 0.209 e. The van der Waals surface area contributed by atoms with E-state index in [0.717, 1.165) is 16.9 Å². The van der Waals surface area contributed by atoms with Crippen LogP contribution in [0.15, 0.2) is 48.5 Å². The molecule has 0 amide bonds. The summed E-state index contributed by atoms with van der Waals surface area (Å²) in [5.74, 6) is 0.849. The maximum absolute atomic E-state index is 6.03. The van der Waals surface area contributed by atoms with Crippen molar-refractivity contribution in [2.75, 3.05) is 14.2 Å². The average Bonchev–Trinajstić information content (AvgIpc) is 2.53. The second-order valence-electron chi connectivity index (χ2n) is 5.36. The van der Waals surface area contributed by atoms with E-state index < -0.39 is 0 Å². The molecule has 3 rings (SSSR count). The van der Waals surface area contributed by atoms with Gasteiger partial charge in [0, 0.05) is 19.8 Å². The second kappa shape index (κ2) is 5.88. The quantitative estimate of drug-likeness (QED) is 0.857. The molecule has 2 aromatic carbocycles. The van der Waals surface area contributed by atoms with Gasteiger partial charge in [-0.1, -0.05) is 42.0 Å². The second-order valence-corrected chi connectivity index (χ2v) is 5.36. The van der Waals surface area contributed by atoms with Crippen molar-refractivity contribution >= 4 is 0 Å². The number of benzene rings is 2. The van der Waals surface area contributed by atoms with Crippen molar-refractivity contribution in [1.82, 2.24) is 0 Å². The van der Waals surface area contributed by atoms with Gasteiger partial charge in [0.25, 0.3) is 0 Å². The first-order valence-corrected chi connectivity index (χ1v) is 7.12. The van der Waals surface area contributed by atoms with Gasteiger partial charge in [-0.15, -0.1) is 0 Å². The van der Waals surface area contributed by atoms with Gasteiger partial charge in [0.15, 0.2) is 0 Å². The molecule has 0 unspecified atom stereocenters. The van der Waals surface area contributed by atoms with Crippen molar-refractivity contribution in [1.29, 1.82) is 0 Å². The smallest absolute Gasteiger partial charge is 0.209 e. The predicted octanol–water partition coefficient (Wildman–Crippen LogP) is 3.83. The van der Waals surface area contributed by atoms with Gasteiger partial charge in [0.1, 0.15) is 5.75 Å². The van der Waals surface area contributed by atoms with Crippen molar-refractivity contribution in [3.8, 4) is 5.75 Å². The summed E-state index contributed by atoms with van der Waals surface area (Å²) in [6.07, 6.45) is -0.437. The molecule has 3 nitrogen and oxygen atoms in total. The minimum absolute atomic E-state index is 0.00972. The fourth-order valence-corrected chi connectivity index (χ4v) is 3.01. The highest BCUT2D eigenvalue weighted by Crippen LogP contribution is 2.46. The molecule has 3 heteroatoms. The van der Waals surface area contributed by atoms with Crippen molar-refractivity contribution in [2.24, 2.45) is 0 Å². The van der Waals surface area contributed by atoms with Crippen LogP contribution >= 0.6 is 0 Å². The fraction of sp³-hybridized carbons (Fsp3) is 0.333.